The molecule has 2 aliphatic heterocycles. The molecule has 0 aromatic heterocycles. The van der Waals surface area contributed by atoms with Gasteiger partial charge in [0.05, 0.1) is 17.4 Å². The molecule has 0 spiro atoms. The summed E-state index contributed by atoms with van der Waals surface area (Å²) in [6, 6.07) is 0.00519. The fourth-order valence-electron chi connectivity index (χ4n) is 2.50. The number of sulfonamides is 1. The van der Waals surface area contributed by atoms with Crippen LogP contribution >= 0.6 is 0 Å². The molecule has 1 N–H and O–H groups in total. The molecular weight excluding hydrogens is 228 g/mol. The molecule has 2 fully saturated rings. The van der Waals surface area contributed by atoms with Crippen molar-refractivity contribution in [3.63, 3.8) is 0 Å². The predicted octanol–water partition coefficient (Wildman–Crippen LogP) is -0.213. The van der Waals surface area contributed by atoms with Gasteiger partial charge in [-0.05, 0) is 26.3 Å². The summed E-state index contributed by atoms with van der Waals surface area (Å²) in [4.78, 5) is 0. The van der Waals surface area contributed by atoms with E-state index in [4.69, 9.17) is 4.74 Å². The van der Waals surface area contributed by atoms with E-state index in [2.05, 4.69) is 5.32 Å². The van der Waals surface area contributed by atoms with Crippen molar-refractivity contribution in [1.29, 1.82) is 0 Å². The summed E-state index contributed by atoms with van der Waals surface area (Å²) in [5.74, 6) is 0. The summed E-state index contributed by atoms with van der Waals surface area (Å²) in [6.45, 7) is 3.98. The van der Waals surface area contributed by atoms with Crippen LogP contribution < -0.4 is 5.32 Å². The van der Waals surface area contributed by atoms with Crippen molar-refractivity contribution in [2.45, 2.75) is 37.2 Å². The van der Waals surface area contributed by atoms with Crippen LogP contribution in [0.3, 0.4) is 0 Å². The molecule has 2 saturated heterocycles. The average molecular weight is 248 g/mol. The first-order valence-electron chi connectivity index (χ1n) is 5.82. The van der Waals surface area contributed by atoms with E-state index in [1.54, 1.807) is 7.05 Å². The Morgan fingerprint density at radius 3 is 2.62 bits per heavy atom. The molecular formula is C10H20N2O3S. The summed E-state index contributed by atoms with van der Waals surface area (Å²) in [5.41, 5.74) is 0. The van der Waals surface area contributed by atoms with E-state index in [-0.39, 0.29) is 17.4 Å². The molecule has 0 aromatic carbocycles. The number of hydrogen-bond acceptors (Lipinski definition) is 4. The van der Waals surface area contributed by atoms with Gasteiger partial charge in [-0.3, -0.25) is 0 Å². The van der Waals surface area contributed by atoms with Crippen molar-refractivity contribution >= 4 is 10.0 Å². The van der Waals surface area contributed by atoms with Crippen LogP contribution in [0.15, 0.2) is 0 Å². The van der Waals surface area contributed by atoms with Gasteiger partial charge in [-0.15, -0.1) is 0 Å². The second-order valence-electron chi connectivity index (χ2n) is 4.61. The van der Waals surface area contributed by atoms with Gasteiger partial charge in [0, 0.05) is 20.2 Å². The van der Waals surface area contributed by atoms with E-state index in [9.17, 15) is 8.42 Å². The van der Waals surface area contributed by atoms with E-state index in [0.29, 0.717) is 19.6 Å². The van der Waals surface area contributed by atoms with Gasteiger partial charge >= 0.3 is 0 Å². The van der Waals surface area contributed by atoms with Crippen LogP contribution in [0, 0.1) is 0 Å². The van der Waals surface area contributed by atoms with Crippen molar-refractivity contribution in [2.75, 3.05) is 26.7 Å². The van der Waals surface area contributed by atoms with Gasteiger partial charge in [0.2, 0.25) is 10.0 Å². The third-order valence-corrected chi connectivity index (χ3v) is 5.96. The highest BCUT2D eigenvalue weighted by Crippen LogP contribution is 2.24. The van der Waals surface area contributed by atoms with Gasteiger partial charge in [0.25, 0.3) is 0 Å². The third-order valence-electron chi connectivity index (χ3n) is 3.64. The van der Waals surface area contributed by atoms with Gasteiger partial charge in [-0.25, -0.2) is 8.42 Å². The minimum Gasteiger partial charge on any atom is -0.377 e. The third kappa shape index (κ3) is 2.11. The molecule has 6 heteroatoms. The van der Waals surface area contributed by atoms with Gasteiger partial charge in [0.1, 0.15) is 0 Å². The predicted molar refractivity (Wildman–Crippen MR) is 61.8 cm³/mol. The zero-order chi connectivity index (χ0) is 11.8. The first kappa shape index (κ1) is 12.3. The minimum atomic E-state index is -3.16. The van der Waals surface area contributed by atoms with Crippen LogP contribution in [0.5, 0.6) is 0 Å². The fourth-order valence-corrected chi connectivity index (χ4v) is 4.37. The molecule has 0 radical (unpaired) electrons. The fraction of sp³-hybridized carbons (Fsp3) is 1.00. The summed E-state index contributed by atoms with van der Waals surface area (Å²) in [7, 11) is -1.48. The summed E-state index contributed by atoms with van der Waals surface area (Å²) >= 11 is 0. The van der Waals surface area contributed by atoms with E-state index >= 15 is 0 Å². The Bertz CT molecular complexity index is 338. The van der Waals surface area contributed by atoms with Crippen LogP contribution in [0.4, 0.5) is 0 Å². The maximum Gasteiger partial charge on any atom is 0.218 e. The van der Waals surface area contributed by atoms with E-state index < -0.39 is 10.0 Å². The number of hydrogen-bond donors (Lipinski definition) is 1. The molecule has 2 heterocycles. The maximum atomic E-state index is 12.3. The number of nitrogens with zero attached hydrogens (tertiary/aromatic N) is 1. The number of nitrogens with one attached hydrogen (secondary N) is 1. The van der Waals surface area contributed by atoms with E-state index in [1.807, 2.05) is 6.92 Å². The quantitative estimate of drug-likeness (QED) is 0.750. The second kappa shape index (κ2) is 4.60. The van der Waals surface area contributed by atoms with Gasteiger partial charge in [-0.2, -0.15) is 4.31 Å². The van der Waals surface area contributed by atoms with Crippen molar-refractivity contribution < 1.29 is 13.2 Å². The second-order valence-corrected chi connectivity index (χ2v) is 6.88. The van der Waals surface area contributed by atoms with Crippen molar-refractivity contribution in [3.05, 3.63) is 0 Å². The number of ether oxygens (including phenoxy) is 1. The van der Waals surface area contributed by atoms with Gasteiger partial charge < -0.3 is 10.1 Å². The molecule has 16 heavy (non-hydrogen) atoms. The Labute approximate surface area is 97.2 Å². The van der Waals surface area contributed by atoms with Crippen molar-refractivity contribution in [3.8, 4) is 0 Å². The van der Waals surface area contributed by atoms with Crippen LogP contribution in [0.1, 0.15) is 19.8 Å². The molecule has 0 bridgehead atoms. The molecule has 0 amide bonds. The SMILES string of the molecule is CC1OCCC1N(C)S(=O)(=O)C1CCNC1. The van der Waals surface area contributed by atoms with Gasteiger partial charge in [0.15, 0.2) is 0 Å². The largest absolute Gasteiger partial charge is 0.377 e. The Balaban J connectivity index is 2.10. The monoisotopic (exact) mass is 248 g/mol. The molecule has 3 unspecified atom stereocenters. The van der Waals surface area contributed by atoms with Crippen LogP contribution in [0.25, 0.3) is 0 Å². The molecule has 0 aliphatic carbocycles. The number of likely N-dealkylation sites (N-methyl/N-ethyl adjacent to an activating group) is 1. The highest BCUT2D eigenvalue weighted by Gasteiger charge is 2.39. The summed E-state index contributed by atoms with van der Waals surface area (Å²) in [5, 5.41) is 2.84. The maximum absolute atomic E-state index is 12.3. The lowest BCUT2D eigenvalue weighted by molar-refractivity contribution is 0.102. The topological polar surface area (TPSA) is 58.6 Å². The highest BCUT2D eigenvalue weighted by molar-refractivity contribution is 7.89. The van der Waals surface area contributed by atoms with E-state index in [1.165, 1.54) is 4.31 Å². The van der Waals surface area contributed by atoms with Crippen molar-refractivity contribution in [2.24, 2.45) is 0 Å². The highest BCUT2D eigenvalue weighted by atomic mass is 32.2. The first-order chi connectivity index (χ1) is 7.53. The minimum absolute atomic E-state index is 0.00519. The lowest BCUT2D eigenvalue weighted by atomic mass is 10.2. The molecule has 0 aromatic rings. The molecule has 94 valence electrons. The van der Waals surface area contributed by atoms with Crippen LogP contribution in [-0.2, 0) is 14.8 Å². The Kier molecular flexibility index (Phi) is 3.53. The van der Waals surface area contributed by atoms with Crippen LogP contribution in [-0.4, -0.2) is 56.9 Å². The number of rotatable bonds is 3. The smallest absolute Gasteiger partial charge is 0.218 e. The normalized spacial score (nSPS) is 36.1. The molecule has 0 saturated carbocycles. The van der Waals surface area contributed by atoms with E-state index in [0.717, 1.165) is 13.0 Å². The summed E-state index contributed by atoms with van der Waals surface area (Å²) in [6.07, 6.45) is 1.53. The molecule has 2 rings (SSSR count). The zero-order valence-corrected chi connectivity index (χ0v) is 10.7. The zero-order valence-electron chi connectivity index (χ0n) is 9.85. The average Bonchev–Trinajstić information content (AvgIpc) is 2.86. The summed E-state index contributed by atoms with van der Waals surface area (Å²) < 4.78 is 31.5. The molecule has 2 aliphatic rings. The standard InChI is InChI=1S/C10H20N2O3S/c1-8-10(4-6-15-8)12(2)16(13,14)9-3-5-11-7-9/h8-11H,3-7H2,1-2H3. The van der Waals surface area contributed by atoms with Crippen molar-refractivity contribution in [1.82, 2.24) is 9.62 Å². The lowest BCUT2D eigenvalue weighted by Crippen LogP contribution is -2.45. The molecule has 3 atom stereocenters. The van der Waals surface area contributed by atoms with Gasteiger partial charge in [-0.1, -0.05) is 0 Å². The first-order valence-corrected chi connectivity index (χ1v) is 7.33. The Morgan fingerprint density at radius 2 is 2.12 bits per heavy atom. The Morgan fingerprint density at radius 1 is 1.38 bits per heavy atom. The Hall–Kier alpha value is -0.170. The molecule has 5 nitrogen and oxygen atoms in total. The lowest BCUT2D eigenvalue weighted by Gasteiger charge is -2.28. The van der Waals surface area contributed by atoms with Crippen LogP contribution in [0.2, 0.25) is 0 Å².